The number of hydrogen-bond acceptors (Lipinski definition) is 2. The van der Waals surface area contributed by atoms with Gasteiger partial charge in [0.1, 0.15) is 0 Å². The Morgan fingerprint density at radius 3 is 1.89 bits per heavy atom. The van der Waals surface area contributed by atoms with Crippen LogP contribution >= 0.6 is 0 Å². The van der Waals surface area contributed by atoms with Crippen molar-refractivity contribution in [1.29, 1.82) is 0 Å². The quantitative estimate of drug-likeness (QED) is 0.802. The van der Waals surface area contributed by atoms with E-state index in [0.29, 0.717) is 12.5 Å². The van der Waals surface area contributed by atoms with E-state index in [2.05, 4.69) is 25.1 Å². The third kappa shape index (κ3) is 4.76. The van der Waals surface area contributed by atoms with E-state index in [1.54, 1.807) is 0 Å². The molecule has 2 aromatic carbocycles. The zero-order chi connectivity index (χ0) is 14.3. The molecule has 0 bridgehead atoms. The lowest BCUT2D eigenvalue weighted by Gasteiger charge is -2.07. The molecule has 0 aliphatic carbocycles. The van der Waals surface area contributed by atoms with Gasteiger partial charge in [-0.15, -0.1) is 0 Å². The van der Waals surface area contributed by atoms with Gasteiger partial charge in [0.2, 0.25) is 0 Å². The van der Waals surface area contributed by atoms with Gasteiger partial charge in [0.05, 0.1) is 0 Å². The molecule has 0 saturated carbocycles. The molecule has 2 heteroatoms. The first kappa shape index (κ1) is 15.3. The number of para-hydroxylation sites is 1. The van der Waals surface area contributed by atoms with E-state index in [1.807, 2.05) is 44.2 Å². The van der Waals surface area contributed by atoms with Crippen molar-refractivity contribution in [3.8, 4) is 11.1 Å². The fourth-order valence-corrected chi connectivity index (χ4v) is 1.62. The van der Waals surface area contributed by atoms with Crippen LogP contribution in [0.1, 0.15) is 19.4 Å². The molecule has 0 aromatic heterocycles. The van der Waals surface area contributed by atoms with Gasteiger partial charge in [-0.05, 0) is 30.0 Å². The first-order valence-corrected chi connectivity index (χ1v) is 6.57. The second-order valence-corrected chi connectivity index (χ2v) is 4.98. The number of aliphatic hydroxyl groups excluding tert-OH is 1. The molecule has 0 aliphatic rings. The summed E-state index contributed by atoms with van der Waals surface area (Å²) in [5, 5.41) is 8.14. The number of aryl methyl sites for hydroxylation is 1. The van der Waals surface area contributed by atoms with Gasteiger partial charge < -0.3 is 10.8 Å². The molecule has 2 aromatic rings. The van der Waals surface area contributed by atoms with E-state index in [4.69, 9.17) is 10.8 Å². The normalized spacial score (nSPS) is 9.95. The van der Waals surface area contributed by atoms with Crippen molar-refractivity contribution in [2.75, 3.05) is 12.3 Å². The maximum absolute atomic E-state index is 8.14. The maximum atomic E-state index is 8.14. The van der Waals surface area contributed by atoms with Gasteiger partial charge in [-0.2, -0.15) is 0 Å². The minimum Gasteiger partial charge on any atom is -0.398 e. The fourth-order valence-electron chi connectivity index (χ4n) is 1.62. The Labute approximate surface area is 115 Å². The highest BCUT2D eigenvalue weighted by Crippen LogP contribution is 2.27. The Balaban J connectivity index is 0.000000312. The number of aliphatic hydroxyl groups is 1. The van der Waals surface area contributed by atoms with E-state index < -0.39 is 0 Å². The first-order valence-electron chi connectivity index (χ1n) is 6.57. The van der Waals surface area contributed by atoms with Crippen LogP contribution in [-0.2, 0) is 0 Å². The number of nitrogens with two attached hydrogens (primary N) is 1. The highest BCUT2D eigenvalue weighted by atomic mass is 16.3. The van der Waals surface area contributed by atoms with E-state index in [1.165, 1.54) is 11.1 Å². The zero-order valence-corrected chi connectivity index (χ0v) is 11.9. The fraction of sp³-hybridized carbons (Fsp3) is 0.294. The minimum atomic E-state index is 0.306. The number of hydrogen-bond donors (Lipinski definition) is 2. The molecule has 0 atom stereocenters. The molecule has 0 aliphatic heterocycles. The standard InChI is InChI=1S/C13H13N.C4H10O/c1-10-6-2-3-7-11(10)12-8-4-5-9-13(12)14;1-4(2)3-5/h2-9H,14H2,1H3;4-5H,3H2,1-2H3. The lowest BCUT2D eigenvalue weighted by Crippen LogP contribution is -1.90. The van der Waals surface area contributed by atoms with Crippen LogP contribution in [0.25, 0.3) is 11.1 Å². The second kappa shape index (κ2) is 7.59. The van der Waals surface area contributed by atoms with Crippen LogP contribution in [0.3, 0.4) is 0 Å². The lowest BCUT2D eigenvalue weighted by molar-refractivity contribution is 0.248. The highest BCUT2D eigenvalue weighted by Gasteiger charge is 2.02. The van der Waals surface area contributed by atoms with E-state index in [9.17, 15) is 0 Å². The van der Waals surface area contributed by atoms with Crippen molar-refractivity contribution in [1.82, 2.24) is 0 Å². The molecule has 0 spiro atoms. The summed E-state index contributed by atoms with van der Waals surface area (Å²) in [7, 11) is 0. The molecule has 0 fully saturated rings. The average Bonchev–Trinajstić information content (AvgIpc) is 2.41. The molecule has 0 amide bonds. The summed E-state index contributed by atoms with van der Waals surface area (Å²) in [5.41, 5.74) is 10.3. The van der Waals surface area contributed by atoms with Gasteiger partial charge in [-0.1, -0.05) is 56.3 Å². The maximum Gasteiger partial charge on any atom is 0.0453 e. The van der Waals surface area contributed by atoms with Crippen molar-refractivity contribution in [3.63, 3.8) is 0 Å². The summed E-state index contributed by atoms with van der Waals surface area (Å²) in [4.78, 5) is 0. The third-order valence-corrected chi connectivity index (χ3v) is 2.76. The van der Waals surface area contributed by atoms with Crippen molar-refractivity contribution >= 4 is 5.69 Å². The Morgan fingerprint density at radius 2 is 1.42 bits per heavy atom. The van der Waals surface area contributed by atoms with Crippen LogP contribution in [0.5, 0.6) is 0 Å². The Morgan fingerprint density at radius 1 is 0.947 bits per heavy atom. The highest BCUT2D eigenvalue weighted by molar-refractivity contribution is 5.78. The molecule has 0 heterocycles. The molecule has 3 N–H and O–H groups in total. The monoisotopic (exact) mass is 257 g/mol. The molecular formula is C17H23NO. The van der Waals surface area contributed by atoms with Crippen molar-refractivity contribution in [3.05, 3.63) is 54.1 Å². The molecule has 2 nitrogen and oxygen atoms in total. The Bertz CT molecular complexity index is 463. The average molecular weight is 257 g/mol. The third-order valence-electron chi connectivity index (χ3n) is 2.76. The van der Waals surface area contributed by atoms with Gasteiger partial charge in [-0.3, -0.25) is 0 Å². The molecule has 0 radical (unpaired) electrons. The number of benzene rings is 2. The Kier molecular flexibility index (Phi) is 6.10. The SMILES string of the molecule is CC(C)CO.Cc1ccccc1-c1ccccc1N. The van der Waals surface area contributed by atoms with Crippen LogP contribution in [0, 0.1) is 12.8 Å². The van der Waals surface area contributed by atoms with Gasteiger partial charge in [0.15, 0.2) is 0 Å². The van der Waals surface area contributed by atoms with Crippen molar-refractivity contribution < 1.29 is 5.11 Å². The molecule has 19 heavy (non-hydrogen) atoms. The topological polar surface area (TPSA) is 46.2 Å². The van der Waals surface area contributed by atoms with E-state index in [-0.39, 0.29) is 0 Å². The van der Waals surface area contributed by atoms with Crippen LogP contribution in [-0.4, -0.2) is 11.7 Å². The molecule has 102 valence electrons. The molecule has 2 rings (SSSR count). The predicted octanol–water partition coefficient (Wildman–Crippen LogP) is 3.88. The summed E-state index contributed by atoms with van der Waals surface area (Å²) >= 11 is 0. The summed E-state index contributed by atoms with van der Waals surface area (Å²) < 4.78 is 0. The van der Waals surface area contributed by atoms with E-state index in [0.717, 1.165) is 11.3 Å². The van der Waals surface area contributed by atoms with E-state index >= 15 is 0 Å². The molecular weight excluding hydrogens is 234 g/mol. The van der Waals surface area contributed by atoms with Gasteiger partial charge >= 0.3 is 0 Å². The van der Waals surface area contributed by atoms with Gasteiger partial charge in [0.25, 0.3) is 0 Å². The lowest BCUT2D eigenvalue weighted by atomic mass is 9.99. The van der Waals surface area contributed by atoms with Crippen LogP contribution < -0.4 is 5.73 Å². The van der Waals surface area contributed by atoms with Crippen LogP contribution in [0.15, 0.2) is 48.5 Å². The predicted molar refractivity (Wildman–Crippen MR) is 83.0 cm³/mol. The van der Waals surface area contributed by atoms with Crippen molar-refractivity contribution in [2.45, 2.75) is 20.8 Å². The van der Waals surface area contributed by atoms with Gasteiger partial charge in [-0.25, -0.2) is 0 Å². The molecule has 0 unspecified atom stereocenters. The minimum absolute atomic E-state index is 0.306. The summed E-state index contributed by atoms with van der Waals surface area (Å²) in [6, 6.07) is 16.2. The summed E-state index contributed by atoms with van der Waals surface area (Å²) in [6.45, 7) is 6.35. The van der Waals surface area contributed by atoms with Crippen LogP contribution in [0.4, 0.5) is 5.69 Å². The summed E-state index contributed by atoms with van der Waals surface area (Å²) in [6.07, 6.45) is 0. The first-order chi connectivity index (χ1) is 9.06. The summed E-state index contributed by atoms with van der Waals surface area (Å²) in [5.74, 6) is 0.440. The van der Waals surface area contributed by atoms with Crippen LogP contribution in [0.2, 0.25) is 0 Å². The second-order valence-electron chi connectivity index (χ2n) is 4.98. The van der Waals surface area contributed by atoms with Crippen molar-refractivity contribution in [2.24, 2.45) is 5.92 Å². The zero-order valence-electron chi connectivity index (χ0n) is 11.9. The smallest absolute Gasteiger partial charge is 0.0453 e. The number of anilines is 1. The number of rotatable bonds is 2. The molecule has 0 saturated heterocycles. The number of nitrogen functional groups attached to an aromatic ring is 1. The largest absolute Gasteiger partial charge is 0.398 e. The Hall–Kier alpha value is -1.80. The van der Waals surface area contributed by atoms with Gasteiger partial charge in [0, 0.05) is 17.9 Å².